The summed E-state index contributed by atoms with van der Waals surface area (Å²) in [5.74, 6) is 0.838. The molecule has 0 aliphatic heterocycles. The molecular formula is C21H28BClN6O. The average Bonchev–Trinajstić information content (AvgIpc) is 3.05. The zero-order chi connectivity index (χ0) is 21.9. The Balaban J connectivity index is 1.72. The van der Waals surface area contributed by atoms with Gasteiger partial charge in [-0.15, -0.1) is 0 Å². The molecule has 158 valence electrons. The van der Waals surface area contributed by atoms with Gasteiger partial charge in [-0.05, 0) is 38.7 Å². The van der Waals surface area contributed by atoms with Gasteiger partial charge in [0.25, 0.3) is 0 Å². The van der Waals surface area contributed by atoms with E-state index in [0.29, 0.717) is 18.1 Å². The van der Waals surface area contributed by atoms with E-state index in [0.717, 1.165) is 34.6 Å². The highest BCUT2D eigenvalue weighted by molar-refractivity contribution is 6.36. The van der Waals surface area contributed by atoms with Crippen LogP contribution >= 0.6 is 11.6 Å². The van der Waals surface area contributed by atoms with E-state index in [9.17, 15) is 4.79 Å². The second-order valence-electron chi connectivity index (χ2n) is 8.45. The van der Waals surface area contributed by atoms with Crippen molar-refractivity contribution in [3.8, 4) is 11.3 Å². The van der Waals surface area contributed by atoms with Crippen molar-refractivity contribution >= 4 is 42.4 Å². The predicted molar refractivity (Wildman–Crippen MR) is 126 cm³/mol. The number of benzene rings is 1. The fourth-order valence-electron chi connectivity index (χ4n) is 3.06. The van der Waals surface area contributed by atoms with E-state index < -0.39 is 0 Å². The van der Waals surface area contributed by atoms with Gasteiger partial charge in [0.1, 0.15) is 13.7 Å². The Morgan fingerprint density at radius 2 is 2.03 bits per heavy atom. The Kier molecular flexibility index (Phi) is 6.56. The predicted octanol–water partition coefficient (Wildman–Crippen LogP) is 2.55. The fourth-order valence-corrected chi connectivity index (χ4v) is 3.29. The molecule has 1 aromatic carbocycles. The summed E-state index contributed by atoms with van der Waals surface area (Å²) >= 11 is 6.39. The Morgan fingerprint density at radius 1 is 1.30 bits per heavy atom. The Labute approximate surface area is 183 Å². The molecular weight excluding hydrogens is 399 g/mol. The van der Waals surface area contributed by atoms with E-state index in [1.54, 1.807) is 22.7 Å². The zero-order valence-electron chi connectivity index (χ0n) is 18.2. The molecule has 0 radical (unpaired) electrons. The molecule has 0 spiro atoms. The lowest BCUT2D eigenvalue weighted by atomic mass is 10.0. The number of rotatable bonds is 6. The number of fused-ring (bicyclic) bond motifs is 1. The third kappa shape index (κ3) is 5.24. The number of hydrogen-bond donors (Lipinski definition) is 2. The molecule has 30 heavy (non-hydrogen) atoms. The lowest BCUT2D eigenvalue weighted by molar-refractivity contribution is 0.199. The number of amides is 2. The van der Waals surface area contributed by atoms with E-state index in [-0.39, 0.29) is 11.6 Å². The maximum atomic E-state index is 12.2. The molecule has 0 aliphatic rings. The molecule has 0 unspecified atom stereocenters. The van der Waals surface area contributed by atoms with Crippen molar-refractivity contribution in [3.63, 3.8) is 0 Å². The number of nitrogens with one attached hydrogen (secondary N) is 2. The number of carbonyl (C=O) groups is 1. The van der Waals surface area contributed by atoms with Crippen molar-refractivity contribution in [1.29, 1.82) is 0 Å². The first kappa shape index (κ1) is 22.0. The minimum Gasteiger partial charge on any atom is -0.370 e. The first-order valence-corrected chi connectivity index (χ1v) is 10.4. The molecule has 2 N–H and O–H groups in total. The third-order valence-electron chi connectivity index (χ3n) is 4.60. The lowest BCUT2D eigenvalue weighted by Gasteiger charge is -2.25. The van der Waals surface area contributed by atoms with Crippen molar-refractivity contribution in [1.82, 2.24) is 24.8 Å². The Bertz CT molecular complexity index is 1050. The van der Waals surface area contributed by atoms with Gasteiger partial charge in [0, 0.05) is 48.5 Å². The van der Waals surface area contributed by atoms with Crippen LogP contribution < -0.4 is 16.1 Å². The van der Waals surface area contributed by atoms with Crippen LogP contribution in [0.5, 0.6) is 0 Å². The number of carbonyl (C=O) groups excluding carboxylic acids is 1. The number of anilines is 1. The SMILES string of the molecule is Bc1cnn2c(NCCCN(C)C(=O)NC(C)(C)C)cc(-c3ccccc3Cl)nc12. The summed E-state index contributed by atoms with van der Waals surface area (Å²) < 4.78 is 1.80. The second-order valence-corrected chi connectivity index (χ2v) is 8.86. The molecule has 2 aromatic heterocycles. The van der Waals surface area contributed by atoms with Gasteiger partial charge in [0.15, 0.2) is 5.65 Å². The zero-order valence-corrected chi connectivity index (χ0v) is 18.9. The highest BCUT2D eigenvalue weighted by Gasteiger charge is 2.17. The van der Waals surface area contributed by atoms with Gasteiger partial charge in [0.2, 0.25) is 0 Å². The molecule has 0 saturated carbocycles. The molecule has 3 aromatic rings. The molecule has 0 saturated heterocycles. The van der Waals surface area contributed by atoms with Crippen LogP contribution in [0.2, 0.25) is 5.02 Å². The monoisotopic (exact) mass is 426 g/mol. The quantitative estimate of drug-likeness (QED) is 0.469. The van der Waals surface area contributed by atoms with E-state index in [1.807, 2.05) is 58.9 Å². The highest BCUT2D eigenvalue weighted by atomic mass is 35.5. The van der Waals surface area contributed by atoms with E-state index >= 15 is 0 Å². The minimum atomic E-state index is -0.251. The van der Waals surface area contributed by atoms with Gasteiger partial charge >= 0.3 is 6.03 Å². The molecule has 0 fully saturated rings. The summed E-state index contributed by atoms with van der Waals surface area (Å²) in [6.45, 7) is 7.23. The van der Waals surface area contributed by atoms with Crippen molar-refractivity contribution < 1.29 is 4.79 Å². The molecule has 0 aliphatic carbocycles. The van der Waals surface area contributed by atoms with Gasteiger partial charge in [-0.25, -0.2) is 9.78 Å². The first-order valence-electron chi connectivity index (χ1n) is 10.0. The molecule has 3 rings (SSSR count). The van der Waals surface area contributed by atoms with E-state index in [2.05, 4.69) is 15.7 Å². The summed E-state index contributed by atoms with van der Waals surface area (Å²) in [7, 11) is 3.79. The molecule has 0 bridgehead atoms. The van der Waals surface area contributed by atoms with Gasteiger partial charge in [-0.2, -0.15) is 9.61 Å². The lowest BCUT2D eigenvalue weighted by Crippen LogP contribution is -2.47. The van der Waals surface area contributed by atoms with Crippen LogP contribution in [0, 0.1) is 0 Å². The summed E-state index contributed by atoms with van der Waals surface area (Å²) in [5, 5.41) is 11.5. The Hall–Kier alpha value is -2.74. The van der Waals surface area contributed by atoms with Crippen molar-refractivity contribution in [2.75, 3.05) is 25.5 Å². The maximum absolute atomic E-state index is 12.2. The van der Waals surface area contributed by atoms with Crippen molar-refractivity contribution in [3.05, 3.63) is 41.6 Å². The number of nitrogens with zero attached hydrogens (tertiary/aromatic N) is 4. The summed E-state index contributed by atoms with van der Waals surface area (Å²) in [5.41, 5.74) is 3.20. The van der Waals surface area contributed by atoms with Crippen LogP contribution in [-0.4, -0.2) is 59.1 Å². The van der Waals surface area contributed by atoms with Crippen LogP contribution in [0.25, 0.3) is 16.9 Å². The van der Waals surface area contributed by atoms with Gasteiger partial charge in [-0.3, -0.25) is 0 Å². The smallest absolute Gasteiger partial charge is 0.317 e. The van der Waals surface area contributed by atoms with Gasteiger partial charge < -0.3 is 15.5 Å². The van der Waals surface area contributed by atoms with Gasteiger partial charge in [0.05, 0.1) is 5.69 Å². The fraction of sp³-hybridized carbons (Fsp3) is 0.381. The van der Waals surface area contributed by atoms with Crippen LogP contribution in [0.15, 0.2) is 36.5 Å². The highest BCUT2D eigenvalue weighted by Crippen LogP contribution is 2.28. The largest absolute Gasteiger partial charge is 0.370 e. The summed E-state index contributed by atoms with van der Waals surface area (Å²) in [4.78, 5) is 18.6. The summed E-state index contributed by atoms with van der Waals surface area (Å²) in [6, 6.07) is 9.55. The van der Waals surface area contributed by atoms with Crippen LogP contribution in [0.4, 0.5) is 10.6 Å². The number of aromatic nitrogens is 3. The average molecular weight is 427 g/mol. The third-order valence-corrected chi connectivity index (χ3v) is 4.93. The number of halogens is 1. The van der Waals surface area contributed by atoms with Crippen molar-refractivity contribution in [2.24, 2.45) is 0 Å². The number of urea groups is 1. The normalized spacial score (nSPS) is 11.5. The molecule has 2 amide bonds. The standard InChI is InChI=1S/C21H28BClN6O/c1-21(2,3)27-20(30)28(4)11-7-10-24-18-12-17(14-8-5-6-9-16(14)23)26-19-15(22)13-25-29(18)19/h5-6,8-9,12-13,24H,7,10-11,22H2,1-4H3,(H,27,30). The summed E-state index contributed by atoms with van der Waals surface area (Å²) in [6.07, 6.45) is 2.59. The second kappa shape index (κ2) is 8.96. The Morgan fingerprint density at radius 3 is 2.73 bits per heavy atom. The van der Waals surface area contributed by atoms with Gasteiger partial charge in [-0.1, -0.05) is 29.8 Å². The maximum Gasteiger partial charge on any atom is 0.317 e. The molecule has 0 atom stereocenters. The van der Waals surface area contributed by atoms with E-state index in [4.69, 9.17) is 16.6 Å². The topological polar surface area (TPSA) is 74.6 Å². The minimum absolute atomic E-state index is 0.0718. The van der Waals surface area contributed by atoms with Crippen LogP contribution in [0.1, 0.15) is 27.2 Å². The molecule has 7 nitrogen and oxygen atoms in total. The molecule has 2 heterocycles. The number of hydrogen-bond acceptors (Lipinski definition) is 4. The van der Waals surface area contributed by atoms with Crippen molar-refractivity contribution in [2.45, 2.75) is 32.7 Å². The van der Waals surface area contributed by atoms with Crippen LogP contribution in [-0.2, 0) is 0 Å². The molecule has 9 heteroatoms. The van der Waals surface area contributed by atoms with E-state index in [1.165, 1.54) is 0 Å². The van der Waals surface area contributed by atoms with Crippen LogP contribution in [0.3, 0.4) is 0 Å². The first-order chi connectivity index (χ1) is 14.2.